The molecule has 1 amide bonds. The highest BCUT2D eigenvalue weighted by Gasteiger charge is 2.30. The van der Waals surface area contributed by atoms with Crippen molar-refractivity contribution in [3.05, 3.63) is 28.5 Å². The summed E-state index contributed by atoms with van der Waals surface area (Å²) in [5.74, 6) is 0.0837. The summed E-state index contributed by atoms with van der Waals surface area (Å²) >= 11 is 1.21. The molecular formula is C15H21N5OS. The van der Waals surface area contributed by atoms with Crippen molar-refractivity contribution in [1.29, 1.82) is 0 Å². The summed E-state index contributed by atoms with van der Waals surface area (Å²) in [6, 6.07) is 0.201. The molecule has 0 bridgehead atoms. The Kier molecular flexibility index (Phi) is 4.52. The predicted octanol–water partition coefficient (Wildman–Crippen LogP) is 2.30. The summed E-state index contributed by atoms with van der Waals surface area (Å²) in [5.41, 5.74) is 1.96. The Labute approximate surface area is 134 Å². The van der Waals surface area contributed by atoms with Gasteiger partial charge in [0.05, 0.1) is 24.5 Å². The Hall–Kier alpha value is -1.76. The van der Waals surface area contributed by atoms with Crippen molar-refractivity contribution in [3.8, 4) is 0 Å². The minimum atomic E-state index is 0.0837. The molecule has 2 aromatic rings. The van der Waals surface area contributed by atoms with Gasteiger partial charge < -0.3 is 4.90 Å². The fourth-order valence-electron chi connectivity index (χ4n) is 2.97. The van der Waals surface area contributed by atoms with Crippen LogP contribution in [0, 0.1) is 6.92 Å². The zero-order chi connectivity index (χ0) is 15.5. The minimum Gasteiger partial charge on any atom is -0.333 e. The molecule has 0 radical (unpaired) electrons. The van der Waals surface area contributed by atoms with E-state index in [9.17, 15) is 4.79 Å². The first-order chi connectivity index (χ1) is 10.7. The van der Waals surface area contributed by atoms with Crippen LogP contribution < -0.4 is 0 Å². The molecule has 0 spiro atoms. The largest absolute Gasteiger partial charge is 0.333 e. The Morgan fingerprint density at radius 3 is 3.05 bits per heavy atom. The molecular weight excluding hydrogens is 298 g/mol. The lowest BCUT2D eigenvalue weighted by atomic mass is 10.0. The van der Waals surface area contributed by atoms with Gasteiger partial charge in [-0.25, -0.2) is 0 Å². The van der Waals surface area contributed by atoms with Gasteiger partial charge >= 0.3 is 0 Å². The summed E-state index contributed by atoms with van der Waals surface area (Å²) in [4.78, 5) is 15.6. The van der Waals surface area contributed by atoms with Gasteiger partial charge in [0.15, 0.2) is 0 Å². The minimum absolute atomic E-state index is 0.0837. The van der Waals surface area contributed by atoms with E-state index in [0.29, 0.717) is 4.88 Å². The fourth-order valence-corrected chi connectivity index (χ4v) is 3.68. The van der Waals surface area contributed by atoms with E-state index in [0.717, 1.165) is 50.0 Å². The van der Waals surface area contributed by atoms with Crippen molar-refractivity contribution < 1.29 is 4.79 Å². The lowest BCUT2D eigenvalue weighted by Gasteiger charge is -2.35. The normalized spacial score (nSPS) is 18.6. The number of amides is 1. The van der Waals surface area contributed by atoms with Gasteiger partial charge in [0.25, 0.3) is 5.91 Å². The monoisotopic (exact) mass is 319 g/mol. The molecule has 0 saturated carbocycles. The van der Waals surface area contributed by atoms with Gasteiger partial charge in [-0.2, -0.15) is 5.10 Å². The van der Waals surface area contributed by atoms with E-state index in [-0.39, 0.29) is 11.9 Å². The molecule has 1 aliphatic rings. The molecule has 2 aromatic heterocycles. The molecule has 0 aliphatic carbocycles. The maximum absolute atomic E-state index is 12.9. The Morgan fingerprint density at radius 1 is 1.45 bits per heavy atom. The Balaban J connectivity index is 1.78. The van der Waals surface area contributed by atoms with E-state index < -0.39 is 0 Å². The van der Waals surface area contributed by atoms with Crippen molar-refractivity contribution in [3.63, 3.8) is 0 Å². The van der Waals surface area contributed by atoms with Gasteiger partial charge in [0, 0.05) is 12.7 Å². The smallest absolute Gasteiger partial charge is 0.267 e. The average Bonchev–Trinajstić information content (AvgIpc) is 3.16. The molecule has 1 fully saturated rings. The summed E-state index contributed by atoms with van der Waals surface area (Å²) in [5, 5.41) is 8.42. The van der Waals surface area contributed by atoms with Gasteiger partial charge in [-0.05, 0) is 49.7 Å². The molecule has 6 nitrogen and oxygen atoms in total. The van der Waals surface area contributed by atoms with Crippen molar-refractivity contribution in [2.45, 2.75) is 52.1 Å². The molecule has 0 unspecified atom stereocenters. The van der Waals surface area contributed by atoms with E-state index in [2.05, 4.69) is 14.7 Å². The third-order valence-electron chi connectivity index (χ3n) is 4.13. The Morgan fingerprint density at radius 2 is 2.32 bits per heavy atom. The Bertz CT molecular complexity index is 650. The van der Waals surface area contributed by atoms with Crippen molar-refractivity contribution >= 4 is 17.4 Å². The fraction of sp³-hybridized carbons (Fsp3) is 0.600. The lowest BCUT2D eigenvalue weighted by molar-refractivity contribution is 0.0587. The van der Waals surface area contributed by atoms with Crippen LogP contribution in [0.3, 0.4) is 0 Å². The maximum Gasteiger partial charge on any atom is 0.267 e. The van der Waals surface area contributed by atoms with E-state index in [1.54, 1.807) is 0 Å². The van der Waals surface area contributed by atoms with E-state index >= 15 is 0 Å². The second kappa shape index (κ2) is 6.56. The zero-order valence-electron chi connectivity index (χ0n) is 13.0. The third kappa shape index (κ3) is 3.04. The highest BCUT2D eigenvalue weighted by Crippen LogP contribution is 2.23. The molecule has 0 aromatic carbocycles. The summed E-state index contributed by atoms with van der Waals surface area (Å²) in [6.45, 7) is 5.61. The molecule has 118 valence electrons. The highest BCUT2D eigenvalue weighted by molar-refractivity contribution is 7.08. The zero-order valence-corrected chi connectivity index (χ0v) is 13.8. The lowest BCUT2D eigenvalue weighted by Crippen LogP contribution is -2.46. The standard InChI is InChI=1S/C15H21N5OS/c1-3-13-14(22-18-17-13)15(21)20-7-5-4-6-12(20)10-19-9-11(2)8-16-19/h8-9,12H,3-7,10H2,1-2H3/t12-/m1/s1. The topological polar surface area (TPSA) is 63.9 Å². The number of carbonyl (C=O) groups excluding carboxylic acids is 1. The predicted molar refractivity (Wildman–Crippen MR) is 84.9 cm³/mol. The quantitative estimate of drug-likeness (QED) is 0.867. The van der Waals surface area contributed by atoms with Gasteiger partial charge in [-0.1, -0.05) is 11.4 Å². The second-order valence-corrected chi connectivity index (χ2v) is 6.54. The number of rotatable bonds is 4. The van der Waals surface area contributed by atoms with E-state index in [1.807, 2.05) is 35.8 Å². The van der Waals surface area contributed by atoms with Crippen LogP contribution in [0.2, 0.25) is 0 Å². The SMILES string of the molecule is CCc1nnsc1C(=O)N1CCCC[C@@H]1Cn1cc(C)cn1. The molecule has 3 rings (SSSR count). The first kappa shape index (κ1) is 15.1. The van der Waals surface area contributed by atoms with Gasteiger partial charge in [-0.3, -0.25) is 9.48 Å². The van der Waals surface area contributed by atoms with Crippen LogP contribution in [0.4, 0.5) is 0 Å². The molecule has 22 heavy (non-hydrogen) atoms. The number of aryl methyl sites for hydroxylation is 2. The maximum atomic E-state index is 12.9. The second-order valence-electron chi connectivity index (χ2n) is 5.79. The van der Waals surface area contributed by atoms with Crippen molar-refractivity contribution in [2.24, 2.45) is 0 Å². The number of aromatic nitrogens is 4. The van der Waals surface area contributed by atoms with Crippen LogP contribution in [0.1, 0.15) is 47.1 Å². The number of hydrogen-bond donors (Lipinski definition) is 0. The molecule has 1 aliphatic heterocycles. The van der Waals surface area contributed by atoms with Gasteiger partial charge in [-0.15, -0.1) is 5.10 Å². The third-order valence-corrected chi connectivity index (χ3v) is 4.89. The number of nitrogens with zero attached hydrogens (tertiary/aromatic N) is 5. The molecule has 7 heteroatoms. The first-order valence-corrected chi connectivity index (χ1v) is 8.57. The number of likely N-dealkylation sites (tertiary alicyclic amines) is 1. The van der Waals surface area contributed by atoms with Crippen LogP contribution in [-0.2, 0) is 13.0 Å². The number of carbonyl (C=O) groups is 1. The van der Waals surface area contributed by atoms with Gasteiger partial charge in [0.2, 0.25) is 0 Å². The van der Waals surface area contributed by atoms with Crippen LogP contribution in [0.25, 0.3) is 0 Å². The van der Waals surface area contributed by atoms with Crippen LogP contribution in [0.5, 0.6) is 0 Å². The number of piperidine rings is 1. The average molecular weight is 319 g/mol. The summed E-state index contributed by atoms with van der Waals surface area (Å²) < 4.78 is 5.89. The van der Waals surface area contributed by atoms with Crippen LogP contribution in [0.15, 0.2) is 12.4 Å². The van der Waals surface area contributed by atoms with Crippen LogP contribution in [-0.4, -0.2) is 42.8 Å². The van der Waals surface area contributed by atoms with Crippen molar-refractivity contribution in [2.75, 3.05) is 6.54 Å². The van der Waals surface area contributed by atoms with Crippen molar-refractivity contribution in [1.82, 2.24) is 24.3 Å². The summed E-state index contributed by atoms with van der Waals surface area (Å²) in [7, 11) is 0. The molecule has 1 saturated heterocycles. The van der Waals surface area contributed by atoms with Crippen LogP contribution >= 0.6 is 11.5 Å². The van der Waals surface area contributed by atoms with Gasteiger partial charge in [0.1, 0.15) is 4.88 Å². The molecule has 3 heterocycles. The van der Waals surface area contributed by atoms with E-state index in [4.69, 9.17) is 0 Å². The van der Waals surface area contributed by atoms with E-state index in [1.165, 1.54) is 11.5 Å². The molecule has 0 N–H and O–H groups in total. The summed E-state index contributed by atoms with van der Waals surface area (Å²) in [6.07, 6.45) is 7.89. The first-order valence-electron chi connectivity index (χ1n) is 7.80. The highest BCUT2D eigenvalue weighted by atomic mass is 32.1. The number of hydrogen-bond acceptors (Lipinski definition) is 5. The molecule has 1 atom stereocenters.